The molecule has 7 heteroatoms. The highest BCUT2D eigenvalue weighted by Crippen LogP contribution is 2.21. The van der Waals surface area contributed by atoms with Crippen molar-refractivity contribution in [1.29, 1.82) is 0 Å². The first kappa shape index (κ1) is 18.2. The van der Waals surface area contributed by atoms with E-state index in [2.05, 4.69) is 15.7 Å². The maximum Gasteiger partial charge on any atom is 0.241 e. The van der Waals surface area contributed by atoms with Gasteiger partial charge >= 0.3 is 0 Å². The Morgan fingerprint density at radius 2 is 2.22 bits per heavy atom. The number of halogens is 1. The van der Waals surface area contributed by atoms with Gasteiger partial charge in [-0.3, -0.25) is 9.48 Å². The molecule has 0 saturated carbocycles. The molecule has 1 aromatic heterocycles. The van der Waals surface area contributed by atoms with Gasteiger partial charge in [0.15, 0.2) is 0 Å². The molecule has 1 amide bonds. The molecule has 6 nitrogen and oxygen atoms in total. The summed E-state index contributed by atoms with van der Waals surface area (Å²) in [6.07, 6.45) is 6.38. The number of hydrogen-bond acceptors (Lipinski definition) is 4. The number of aromatic nitrogens is 2. The molecular formula is C16H27ClN4O2. The van der Waals surface area contributed by atoms with Gasteiger partial charge in [0.2, 0.25) is 5.91 Å². The number of nitrogens with zero attached hydrogens (tertiary/aromatic N) is 2. The summed E-state index contributed by atoms with van der Waals surface area (Å²) < 4.78 is 7.08. The summed E-state index contributed by atoms with van der Waals surface area (Å²) >= 11 is 0. The number of carbonyl (C=O) groups excluding carboxylic acids is 1. The van der Waals surface area contributed by atoms with E-state index in [0.717, 1.165) is 51.4 Å². The highest BCUT2D eigenvalue weighted by Gasteiger charge is 2.18. The van der Waals surface area contributed by atoms with Gasteiger partial charge in [0, 0.05) is 38.4 Å². The standard InChI is InChI=1S/C16H26N4O2.ClH/c21-16(18-10-13-4-8-22-9-5-13)12-20-7-3-15(19-20)14-2-1-6-17-11-14;/h3,7,13-14,17H,1-2,4-6,8-12H2,(H,18,21);1H. The Hall–Kier alpha value is -1.11. The van der Waals surface area contributed by atoms with E-state index in [1.807, 2.05) is 12.3 Å². The van der Waals surface area contributed by atoms with Crippen LogP contribution in [0.5, 0.6) is 0 Å². The van der Waals surface area contributed by atoms with Gasteiger partial charge in [0.1, 0.15) is 6.54 Å². The Balaban J connectivity index is 0.00000192. The van der Waals surface area contributed by atoms with Gasteiger partial charge in [-0.2, -0.15) is 5.10 Å². The van der Waals surface area contributed by atoms with Crippen molar-refractivity contribution in [3.8, 4) is 0 Å². The first-order valence-electron chi connectivity index (χ1n) is 8.40. The van der Waals surface area contributed by atoms with Crippen LogP contribution in [0.25, 0.3) is 0 Å². The lowest BCUT2D eigenvalue weighted by Crippen LogP contribution is -2.34. The molecule has 3 rings (SSSR count). The van der Waals surface area contributed by atoms with Crippen molar-refractivity contribution in [1.82, 2.24) is 20.4 Å². The zero-order valence-corrected chi connectivity index (χ0v) is 14.3. The largest absolute Gasteiger partial charge is 0.381 e. The Morgan fingerprint density at radius 3 is 2.96 bits per heavy atom. The number of rotatable bonds is 5. The fraction of sp³-hybridized carbons (Fsp3) is 0.750. The Bertz CT molecular complexity index is 482. The average Bonchev–Trinajstić information content (AvgIpc) is 3.03. The van der Waals surface area contributed by atoms with E-state index in [0.29, 0.717) is 18.4 Å². The second-order valence-electron chi connectivity index (χ2n) is 6.34. The van der Waals surface area contributed by atoms with Crippen molar-refractivity contribution in [3.63, 3.8) is 0 Å². The molecule has 2 saturated heterocycles. The van der Waals surface area contributed by atoms with Crippen molar-refractivity contribution in [2.24, 2.45) is 5.92 Å². The SMILES string of the molecule is Cl.O=C(Cn1ccc(C2CCCNC2)n1)NCC1CCOCC1. The maximum atomic E-state index is 12.0. The molecule has 2 aliphatic rings. The van der Waals surface area contributed by atoms with E-state index in [-0.39, 0.29) is 18.3 Å². The van der Waals surface area contributed by atoms with Crippen molar-refractivity contribution >= 4 is 18.3 Å². The van der Waals surface area contributed by atoms with Crippen LogP contribution in [0.4, 0.5) is 0 Å². The fourth-order valence-electron chi connectivity index (χ4n) is 3.20. The van der Waals surface area contributed by atoms with Crippen LogP contribution in [0.1, 0.15) is 37.3 Å². The molecule has 0 radical (unpaired) electrons. The average molecular weight is 343 g/mol. The molecule has 0 aliphatic carbocycles. The normalized spacial score (nSPS) is 22.3. The first-order valence-corrected chi connectivity index (χ1v) is 8.40. The van der Waals surface area contributed by atoms with Gasteiger partial charge in [-0.25, -0.2) is 0 Å². The summed E-state index contributed by atoms with van der Waals surface area (Å²) in [4.78, 5) is 12.0. The Morgan fingerprint density at radius 1 is 1.39 bits per heavy atom. The molecule has 0 spiro atoms. The summed E-state index contributed by atoms with van der Waals surface area (Å²) in [6, 6.07) is 2.05. The minimum Gasteiger partial charge on any atom is -0.381 e. The van der Waals surface area contributed by atoms with Gasteiger partial charge in [-0.15, -0.1) is 12.4 Å². The maximum absolute atomic E-state index is 12.0. The van der Waals surface area contributed by atoms with Crippen LogP contribution >= 0.6 is 12.4 Å². The van der Waals surface area contributed by atoms with Gasteiger partial charge in [-0.1, -0.05) is 0 Å². The smallest absolute Gasteiger partial charge is 0.241 e. The van der Waals surface area contributed by atoms with Crippen molar-refractivity contribution < 1.29 is 9.53 Å². The minimum atomic E-state index is 0. The van der Waals surface area contributed by atoms with Crippen LogP contribution in [0.3, 0.4) is 0 Å². The predicted octanol–water partition coefficient (Wildman–Crippen LogP) is 1.31. The summed E-state index contributed by atoms with van der Waals surface area (Å²) in [7, 11) is 0. The molecule has 2 fully saturated rings. The zero-order valence-electron chi connectivity index (χ0n) is 13.5. The third-order valence-corrected chi connectivity index (χ3v) is 4.61. The van der Waals surface area contributed by atoms with Crippen molar-refractivity contribution in [2.75, 3.05) is 32.8 Å². The second kappa shape index (κ2) is 9.25. The molecule has 3 heterocycles. The molecular weight excluding hydrogens is 316 g/mol. The summed E-state index contributed by atoms with van der Waals surface area (Å²) in [5.41, 5.74) is 1.10. The molecule has 2 aliphatic heterocycles. The first-order chi connectivity index (χ1) is 10.8. The number of amides is 1. The summed E-state index contributed by atoms with van der Waals surface area (Å²) in [6.45, 7) is 4.79. The third kappa shape index (κ3) is 5.48. The minimum absolute atomic E-state index is 0. The lowest BCUT2D eigenvalue weighted by atomic mass is 9.97. The van der Waals surface area contributed by atoms with E-state index in [1.165, 1.54) is 12.8 Å². The van der Waals surface area contributed by atoms with Crippen molar-refractivity contribution in [2.45, 2.75) is 38.1 Å². The highest BCUT2D eigenvalue weighted by molar-refractivity contribution is 5.85. The monoisotopic (exact) mass is 342 g/mol. The van der Waals surface area contributed by atoms with Gasteiger partial charge < -0.3 is 15.4 Å². The van der Waals surface area contributed by atoms with Gasteiger partial charge in [0.25, 0.3) is 0 Å². The Labute approximate surface area is 143 Å². The summed E-state index contributed by atoms with van der Waals surface area (Å²) in [5, 5.41) is 11.0. The van der Waals surface area contributed by atoms with Gasteiger partial charge in [0.05, 0.1) is 5.69 Å². The molecule has 1 unspecified atom stereocenters. The molecule has 23 heavy (non-hydrogen) atoms. The third-order valence-electron chi connectivity index (χ3n) is 4.61. The van der Waals surface area contributed by atoms with Crippen LogP contribution in [0, 0.1) is 5.92 Å². The predicted molar refractivity (Wildman–Crippen MR) is 90.9 cm³/mol. The van der Waals surface area contributed by atoms with Crippen LogP contribution in [-0.2, 0) is 16.1 Å². The number of piperidine rings is 1. The summed E-state index contributed by atoms with van der Waals surface area (Å²) in [5.74, 6) is 1.09. The van der Waals surface area contributed by atoms with Gasteiger partial charge in [-0.05, 0) is 44.2 Å². The molecule has 0 bridgehead atoms. The molecule has 1 aromatic rings. The topological polar surface area (TPSA) is 68.2 Å². The van der Waals surface area contributed by atoms with E-state index in [1.54, 1.807) is 4.68 Å². The van der Waals surface area contributed by atoms with E-state index >= 15 is 0 Å². The molecule has 1 atom stereocenters. The van der Waals surface area contributed by atoms with Crippen LogP contribution in [0.2, 0.25) is 0 Å². The van der Waals surface area contributed by atoms with Crippen LogP contribution in [-0.4, -0.2) is 48.5 Å². The van der Waals surface area contributed by atoms with Crippen molar-refractivity contribution in [3.05, 3.63) is 18.0 Å². The number of carbonyl (C=O) groups is 1. The lowest BCUT2D eigenvalue weighted by molar-refractivity contribution is -0.122. The van der Waals surface area contributed by atoms with Crippen LogP contribution in [0.15, 0.2) is 12.3 Å². The fourth-order valence-corrected chi connectivity index (χ4v) is 3.20. The quantitative estimate of drug-likeness (QED) is 0.846. The zero-order chi connectivity index (χ0) is 15.2. The Kier molecular flexibility index (Phi) is 7.33. The van der Waals surface area contributed by atoms with E-state index in [9.17, 15) is 4.79 Å². The van der Waals surface area contributed by atoms with Crippen LogP contribution < -0.4 is 10.6 Å². The number of hydrogen-bond donors (Lipinski definition) is 2. The highest BCUT2D eigenvalue weighted by atomic mass is 35.5. The second-order valence-corrected chi connectivity index (χ2v) is 6.34. The lowest BCUT2D eigenvalue weighted by Gasteiger charge is -2.22. The number of nitrogens with one attached hydrogen (secondary N) is 2. The molecule has 0 aromatic carbocycles. The van der Waals surface area contributed by atoms with E-state index < -0.39 is 0 Å². The number of ether oxygens (including phenoxy) is 1. The molecule has 2 N–H and O–H groups in total. The molecule has 130 valence electrons. The van der Waals surface area contributed by atoms with E-state index in [4.69, 9.17) is 4.74 Å².